The molecule has 0 radical (unpaired) electrons. The number of esters is 1. The van der Waals surface area contributed by atoms with Gasteiger partial charge in [0.15, 0.2) is 17.0 Å². The lowest BCUT2D eigenvalue weighted by Gasteiger charge is -2.03. The maximum Gasteiger partial charge on any atom is 0.311 e. The molecule has 0 atom stereocenters. The van der Waals surface area contributed by atoms with E-state index in [1.165, 1.54) is 7.11 Å². The van der Waals surface area contributed by atoms with E-state index >= 15 is 0 Å². The minimum Gasteiger partial charge on any atom is -0.497 e. The van der Waals surface area contributed by atoms with Crippen molar-refractivity contribution in [3.8, 4) is 22.8 Å². The molecule has 0 fully saturated rings. The van der Waals surface area contributed by atoms with Crippen molar-refractivity contribution < 1.29 is 14.3 Å². The van der Waals surface area contributed by atoms with Crippen molar-refractivity contribution in [2.24, 2.45) is 0 Å². The Balaban J connectivity index is 1.74. The fraction of sp³-hybridized carbons (Fsp3) is 0.143. The Morgan fingerprint density at radius 3 is 2.45 bits per heavy atom. The highest BCUT2D eigenvalue weighted by Crippen LogP contribution is 2.24. The highest BCUT2D eigenvalue weighted by Gasteiger charge is 2.22. The monoisotopic (exact) mass is 415 g/mol. The van der Waals surface area contributed by atoms with Gasteiger partial charge in [-0.25, -0.2) is 4.68 Å². The van der Waals surface area contributed by atoms with Crippen LogP contribution in [-0.2, 0) is 16.0 Å². The molecule has 3 aromatic heterocycles. The Morgan fingerprint density at radius 1 is 0.968 bits per heavy atom. The van der Waals surface area contributed by atoms with Crippen molar-refractivity contribution in [3.63, 3.8) is 0 Å². The minimum absolute atomic E-state index is 0.0347. The van der Waals surface area contributed by atoms with Crippen LogP contribution < -0.4 is 4.74 Å². The van der Waals surface area contributed by atoms with E-state index in [1.54, 1.807) is 16.3 Å². The van der Waals surface area contributed by atoms with E-state index in [1.807, 2.05) is 54.6 Å². The molecule has 0 aliphatic heterocycles. The van der Waals surface area contributed by atoms with Gasteiger partial charge in [0.2, 0.25) is 0 Å². The first kappa shape index (κ1) is 18.7. The van der Waals surface area contributed by atoms with E-state index in [-0.39, 0.29) is 6.42 Å². The normalized spacial score (nSPS) is 11.2. The quantitative estimate of drug-likeness (QED) is 0.402. The highest BCUT2D eigenvalue weighted by atomic mass is 16.5. The maximum absolute atomic E-state index is 11.9. The summed E-state index contributed by atoms with van der Waals surface area (Å²) in [5.74, 6) is 1.13. The molecule has 0 saturated carbocycles. The average Bonchev–Trinajstić information content (AvgIpc) is 3.41. The maximum atomic E-state index is 11.9. The second kappa shape index (κ2) is 7.48. The zero-order valence-electron chi connectivity index (χ0n) is 16.8. The van der Waals surface area contributed by atoms with Crippen LogP contribution in [0.1, 0.15) is 5.69 Å². The van der Waals surface area contributed by atoms with Crippen LogP contribution in [0.4, 0.5) is 0 Å². The molecular weight excluding hydrogens is 398 g/mol. The van der Waals surface area contributed by atoms with Gasteiger partial charge in [-0.2, -0.15) is 14.6 Å². The van der Waals surface area contributed by atoms with Crippen LogP contribution in [0.15, 0.2) is 54.6 Å². The van der Waals surface area contributed by atoms with Crippen LogP contribution >= 0.6 is 0 Å². The molecule has 5 rings (SSSR count). The second-order valence-electron chi connectivity index (χ2n) is 6.69. The number of nitrogens with zero attached hydrogens (tertiary/aromatic N) is 7. The summed E-state index contributed by atoms with van der Waals surface area (Å²) in [4.78, 5) is 16.4. The Kier molecular flexibility index (Phi) is 4.51. The van der Waals surface area contributed by atoms with Crippen molar-refractivity contribution in [1.82, 2.24) is 34.6 Å². The molecule has 0 amide bonds. The van der Waals surface area contributed by atoms with Gasteiger partial charge in [-0.05, 0) is 36.4 Å². The van der Waals surface area contributed by atoms with Gasteiger partial charge in [0.25, 0.3) is 5.78 Å². The van der Waals surface area contributed by atoms with Crippen molar-refractivity contribution in [2.45, 2.75) is 6.42 Å². The van der Waals surface area contributed by atoms with Crippen molar-refractivity contribution >= 4 is 22.9 Å². The molecule has 0 spiro atoms. The van der Waals surface area contributed by atoms with Gasteiger partial charge in [-0.1, -0.05) is 18.2 Å². The lowest BCUT2D eigenvalue weighted by atomic mass is 10.2. The summed E-state index contributed by atoms with van der Waals surface area (Å²) < 4.78 is 13.3. The molecule has 0 aliphatic carbocycles. The van der Waals surface area contributed by atoms with Gasteiger partial charge in [-0.15, -0.1) is 15.3 Å². The first-order chi connectivity index (χ1) is 15.2. The summed E-state index contributed by atoms with van der Waals surface area (Å²) >= 11 is 0. The molecule has 0 saturated heterocycles. The molecule has 2 aromatic carbocycles. The summed E-state index contributed by atoms with van der Waals surface area (Å²) in [5.41, 5.74) is 3.05. The number of methoxy groups -OCH3 is 2. The second-order valence-corrected chi connectivity index (χ2v) is 6.69. The summed E-state index contributed by atoms with van der Waals surface area (Å²) in [6.45, 7) is 0. The number of carbonyl (C=O) groups excluding carboxylic acids is 1. The topological polar surface area (TPSA) is 109 Å². The van der Waals surface area contributed by atoms with Crippen LogP contribution in [-0.4, -0.2) is 54.8 Å². The molecule has 10 nitrogen and oxygen atoms in total. The summed E-state index contributed by atoms with van der Waals surface area (Å²) in [6.07, 6.45) is -0.0347. The van der Waals surface area contributed by atoms with E-state index in [4.69, 9.17) is 9.47 Å². The van der Waals surface area contributed by atoms with E-state index in [0.717, 1.165) is 17.0 Å². The Labute approximate surface area is 176 Å². The number of carbonyl (C=O) groups is 1. The van der Waals surface area contributed by atoms with Gasteiger partial charge in [0.05, 0.1) is 26.3 Å². The lowest BCUT2D eigenvalue weighted by Crippen LogP contribution is -2.06. The zero-order valence-corrected chi connectivity index (χ0v) is 16.8. The summed E-state index contributed by atoms with van der Waals surface area (Å²) in [5, 5.41) is 17.8. The Morgan fingerprint density at radius 2 is 1.74 bits per heavy atom. The van der Waals surface area contributed by atoms with Crippen LogP contribution in [0.2, 0.25) is 0 Å². The number of ether oxygens (including phenoxy) is 2. The zero-order chi connectivity index (χ0) is 21.4. The number of fused-ring (bicyclic) bond motifs is 3. The summed E-state index contributed by atoms with van der Waals surface area (Å²) in [6, 6.07) is 16.9. The first-order valence-corrected chi connectivity index (χ1v) is 9.45. The molecule has 154 valence electrons. The van der Waals surface area contributed by atoms with Crippen molar-refractivity contribution in [1.29, 1.82) is 0 Å². The van der Waals surface area contributed by atoms with Gasteiger partial charge < -0.3 is 9.47 Å². The molecule has 0 bridgehead atoms. The fourth-order valence-corrected chi connectivity index (χ4v) is 3.28. The first-order valence-electron chi connectivity index (χ1n) is 9.45. The third kappa shape index (κ3) is 3.23. The Hall–Kier alpha value is -4.34. The Bertz CT molecular complexity index is 1390. The molecule has 5 aromatic rings. The van der Waals surface area contributed by atoms with Gasteiger partial charge >= 0.3 is 5.97 Å². The fourth-order valence-electron chi connectivity index (χ4n) is 3.28. The third-order valence-corrected chi connectivity index (χ3v) is 4.83. The average molecular weight is 415 g/mol. The van der Waals surface area contributed by atoms with Crippen LogP contribution in [0.5, 0.6) is 5.75 Å². The van der Waals surface area contributed by atoms with Crippen LogP contribution in [0.25, 0.3) is 34.0 Å². The van der Waals surface area contributed by atoms with Crippen LogP contribution in [0.3, 0.4) is 0 Å². The largest absolute Gasteiger partial charge is 0.497 e. The van der Waals surface area contributed by atoms with Crippen LogP contribution in [0, 0.1) is 0 Å². The number of para-hydroxylation sites is 1. The number of aromatic nitrogens is 7. The number of rotatable bonds is 5. The molecule has 31 heavy (non-hydrogen) atoms. The van der Waals surface area contributed by atoms with Gasteiger partial charge in [-0.3, -0.25) is 4.79 Å². The minimum atomic E-state index is -0.418. The van der Waals surface area contributed by atoms with Crippen molar-refractivity contribution in [2.75, 3.05) is 14.2 Å². The van der Waals surface area contributed by atoms with E-state index in [9.17, 15) is 4.79 Å². The lowest BCUT2D eigenvalue weighted by molar-refractivity contribution is -0.139. The van der Waals surface area contributed by atoms with E-state index in [0.29, 0.717) is 28.5 Å². The molecule has 0 N–H and O–H groups in total. The SMILES string of the molecule is COC(=O)Cc1nn(-c2ccccc2)c2c1nnc1nc(-c3ccc(OC)cc3)nn12. The van der Waals surface area contributed by atoms with Gasteiger partial charge in [0.1, 0.15) is 11.4 Å². The highest BCUT2D eigenvalue weighted by molar-refractivity contribution is 5.82. The van der Waals surface area contributed by atoms with Gasteiger partial charge in [0, 0.05) is 5.56 Å². The standard InChI is InChI=1S/C21H17N7O3/c1-30-15-10-8-13(9-11-15)19-22-21-24-23-18-16(12-17(29)31-2)25-27(20(18)28(21)26-19)14-6-4-3-5-7-14/h3-11H,12H2,1-2H3. The number of hydrogen-bond donors (Lipinski definition) is 0. The van der Waals surface area contributed by atoms with E-state index in [2.05, 4.69) is 25.4 Å². The predicted molar refractivity (Wildman–Crippen MR) is 111 cm³/mol. The molecule has 3 heterocycles. The molecule has 0 aliphatic rings. The predicted octanol–water partition coefficient (Wildman–Crippen LogP) is 2.25. The third-order valence-electron chi connectivity index (χ3n) is 4.83. The van der Waals surface area contributed by atoms with Crippen molar-refractivity contribution in [3.05, 3.63) is 60.3 Å². The number of benzene rings is 2. The molecular formula is C21H17N7O3. The smallest absolute Gasteiger partial charge is 0.311 e. The van der Waals surface area contributed by atoms with E-state index < -0.39 is 5.97 Å². The summed E-state index contributed by atoms with van der Waals surface area (Å²) in [7, 11) is 2.95. The molecule has 0 unspecified atom stereocenters. The number of hydrogen-bond acceptors (Lipinski definition) is 8. The molecule has 10 heteroatoms.